The van der Waals surface area contributed by atoms with E-state index in [1.54, 1.807) is 6.07 Å². The summed E-state index contributed by atoms with van der Waals surface area (Å²) in [5.74, 6) is -0.287. The maximum atomic E-state index is 13.0. The summed E-state index contributed by atoms with van der Waals surface area (Å²) in [6.07, 6.45) is 0.132. The number of rotatable bonds is 6. The zero-order valence-electron chi connectivity index (χ0n) is 21.3. The van der Waals surface area contributed by atoms with E-state index in [0.29, 0.717) is 11.2 Å². The highest BCUT2D eigenvalue weighted by Gasteiger charge is 2.31. The minimum atomic E-state index is -4.54. The van der Waals surface area contributed by atoms with E-state index in [2.05, 4.69) is 41.3 Å². The number of H-pyrrole nitrogens is 1. The second-order valence-electron chi connectivity index (χ2n) is 9.92. The van der Waals surface area contributed by atoms with Gasteiger partial charge in [-0.25, -0.2) is 4.98 Å². The van der Waals surface area contributed by atoms with Gasteiger partial charge < -0.3 is 15.1 Å². The largest absolute Gasteiger partial charge is 0.417 e. The Kier molecular flexibility index (Phi) is 6.78. The lowest BCUT2D eigenvalue weighted by atomic mass is 9.92. The molecule has 198 valence electrons. The molecule has 0 bridgehead atoms. The number of benzene rings is 1. The number of carbonyl (C=O) groups excluding carboxylic acids is 1. The third-order valence-electron chi connectivity index (χ3n) is 6.81. The zero-order valence-corrected chi connectivity index (χ0v) is 21.3. The monoisotopic (exact) mass is 523 g/mol. The summed E-state index contributed by atoms with van der Waals surface area (Å²) in [6, 6.07) is 8.40. The summed E-state index contributed by atoms with van der Waals surface area (Å²) in [6.45, 7) is 4.33. The van der Waals surface area contributed by atoms with Crippen LogP contribution in [0.2, 0.25) is 0 Å². The van der Waals surface area contributed by atoms with Crippen molar-refractivity contribution in [3.05, 3.63) is 76.9 Å². The topological polar surface area (TPSA) is 90.0 Å². The highest BCUT2D eigenvalue weighted by molar-refractivity contribution is 6.04. The highest BCUT2D eigenvalue weighted by atomic mass is 19.4. The van der Waals surface area contributed by atoms with Gasteiger partial charge in [-0.15, -0.1) is 0 Å². The predicted octanol–water partition coefficient (Wildman–Crippen LogP) is 4.99. The number of nitrogens with one attached hydrogen (secondary N) is 2. The summed E-state index contributed by atoms with van der Waals surface area (Å²) in [5, 5.41) is 10.9. The van der Waals surface area contributed by atoms with Gasteiger partial charge in [-0.2, -0.15) is 18.3 Å². The van der Waals surface area contributed by atoms with Crippen LogP contribution >= 0.6 is 0 Å². The van der Waals surface area contributed by atoms with Crippen LogP contribution in [0.3, 0.4) is 0 Å². The standard InChI is InChI=1S/C27H28F3N7O/c1-16-4-5-17(26(38)33-20-9-19(11-31-12-20)27(28,29)30)8-22(16)18-6-7-37(14-18)21-10-23-24(15-36(2)3)34-35-25(23)32-13-21/h4-5,8-13,18H,6-7,14-15H2,1-3H3,(H,33,38)(H,32,34,35)/t18-/m1/s1. The average molecular weight is 524 g/mol. The Morgan fingerprint density at radius 2 is 2.00 bits per heavy atom. The van der Waals surface area contributed by atoms with E-state index >= 15 is 0 Å². The van der Waals surface area contributed by atoms with E-state index < -0.39 is 17.6 Å². The van der Waals surface area contributed by atoms with Crippen LogP contribution in [0.4, 0.5) is 24.5 Å². The molecule has 38 heavy (non-hydrogen) atoms. The molecule has 4 aromatic rings. The first kappa shape index (κ1) is 25.7. The lowest BCUT2D eigenvalue weighted by Crippen LogP contribution is -2.20. The van der Waals surface area contributed by atoms with Crippen LogP contribution in [-0.4, -0.2) is 58.2 Å². The fourth-order valence-electron chi connectivity index (χ4n) is 4.88. The molecule has 5 rings (SSSR count). The van der Waals surface area contributed by atoms with Crippen LogP contribution in [0.1, 0.15) is 45.1 Å². The van der Waals surface area contributed by atoms with E-state index in [0.717, 1.165) is 66.2 Å². The van der Waals surface area contributed by atoms with Crippen molar-refractivity contribution in [2.75, 3.05) is 37.4 Å². The molecule has 11 heteroatoms. The third kappa shape index (κ3) is 5.33. The normalized spacial score (nSPS) is 16.0. The van der Waals surface area contributed by atoms with Crippen molar-refractivity contribution < 1.29 is 18.0 Å². The number of aromatic nitrogens is 4. The second kappa shape index (κ2) is 10.1. The number of amides is 1. The van der Waals surface area contributed by atoms with Gasteiger partial charge in [0, 0.05) is 42.7 Å². The van der Waals surface area contributed by atoms with Gasteiger partial charge >= 0.3 is 6.18 Å². The minimum absolute atomic E-state index is 0.00485. The number of carbonyl (C=O) groups is 1. The number of hydrogen-bond acceptors (Lipinski definition) is 6. The Bertz CT molecular complexity index is 1480. The van der Waals surface area contributed by atoms with Crippen LogP contribution in [0.25, 0.3) is 11.0 Å². The molecule has 2 N–H and O–H groups in total. The first-order valence-electron chi connectivity index (χ1n) is 12.3. The van der Waals surface area contributed by atoms with Gasteiger partial charge in [-0.3, -0.25) is 14.9 Å². The predicted molar refractivity (Wildman–Crippen MR) is 139 cm³/mol. The molecule has 1 fully saturated rings. The Labute approximate surface area is 217 Å². The molecule has 1 aromatic carbocycles. The van der Waals surface area contributed by atoms with E-state index in [4.69, 9.17) is 0 Å². The SMILES string of the molecule is Cc1ccc(C(=O)Nc2cncc(C(F)(F)F)c2)cc1[C@@H]1CCN(c2cnc3n[nH]c(CN(C)C)c3c2)C1. The molecule has 1 atom stereocenters. The number of aromatic amines is 1. The fraction of sp³-hybridized carbons (Fsp3) is 0.333. The van der Waals surface area contributed by atoms with Crippen LogP contribution < -0.4 is 10.2 Å². The maximum absolute atomic E-state index is 13.0. The quantitative estimate of drug-likeness (QED) is 0.370. The smallest absolute Gasteiger partial charge is 0.370 e. The average Bonchev–Trinajstić information content (AvgIpc) is 3.51. The number of hydrogen-bond donors (Lipinski definition) is 2. The van der Waals surface area contributed by atoms with Gasteiger partial charge in [-0.1, -0.05) is 6.07 Å². The Balaban J connectivity index is 1.33. The van der Waals surface area contributed by atoms with Gasteiger partial charge in [-0.05, 0) is 62.8 Å². The number of fused-ring (bicyclic) bond motifs is 1. The van der Waals surface area contributed by atoms with Crippen molar-refractivity contribution in [2.45, 2.75) is 32.0 Å². The number of aryl methyl sites for hydroxylation is 1. The molecule has 1 amide bonds. The molecular formula is C27H28F3N7O. The van der Waals surface area contributed by atoms with Crippen molar-refractivity contribution in [1.29, 1.82) is 0 Å². The van der Waals surface area contributed by atoms with Gasteiger partial charge in [0.15, 0.2) is 5.65 Å². The molecule has 0 saturated carbocycles. The summed E-state index contributed by atoms with van der Waals surface area (Å²) < 4.78 is 39.0. The van der Waals surface area contributed by atoms with Crippen molar-refractivity contribution in [2.24, 2.45) is 0 Å². The van der Waals surface area contributed by atoms with E-state index in [9.17, 15) is 18.0 Å². The first-order chi connectivity index (χ1) is 18.1. The molecule has 1 aliphatic heterocycles. The van der Waals surface area contributed by atoms with Crippen LogP contribution in [0.5, 0.6) is 0 Å². The van der Waals surface area contributed by atoms with E-state index in [1.807, 2.05) is 39.3 Å². The molecule has 1 aliphatic rings. The van der Waals surface area contributed by atoms with Gasteiger partial charge in [0.1, 0.15) is 0 Å². The van der Waals surface area contributed by atoms with Crippen molar-refractivity contribution in [3.63, 3.8) is 0 Å². The van der Waals surface area contributed by atoms with Gasteiger partial charge in [0.05, 0.1) is 35.0 Å². The summed E-state index contributed by atoms with van der Waals surface area (Å²) in [7, 11) is 4.00. The van der Waals surface area contributed by atoms with Crippen molar-refractivity contribution >= 4 is 28.3 Å². The van der Waals surface area contributed by atoms with Crippen LogP contribution in [-0.2, 0) is 12.7 Å². The lowest BCUT2D eigenvalue weighted by Gasteiger charge is -2.20. The number of anilines is 2. The second-order valence-corrected chi connectivity index (χ2v) is 9.92. The first-order valence-corrected chi connectivity index (χ1v) is 12.3. The van der Waals surface area contributed by atoms with Crippen molar-refractivity contribution in [3.8, 4) is 0 Å². The molecule has 4 heterocycles. The molecule has 0 radical (unpaired) electrons. The van der Waals surface area contributed by atoms with Gasteiger partial charge in [0.25, 0.3) is 5.91 Å². The van der Waals surface area contributed by atoms with Crippen LogP contribution in [0, 0.1) is 6.92 Å². The molecule has 0 unspecified atom stereocenters. The molecule has 0 spiro atoms. The Hall–Kier alpha value is -3.99. The van der Waals surface area contributed by atoms with Gasteiger partial charge in [0.2, 0.25) is 0 Å². The molecule has 8 nitrogen and oxygen atoms in total. The molecule has 0 aliphatic carbocycles. The van der Waals surface area contributed by atoms with E-state index in [1.165, 1.54) is 6.20 Å². The van der Waals surface area contributed by atoms with Crippen molar-refractivity contribution in [1.82, 2.24) is 25.1 Å². The molecular weight excluding hydrogens is 495 g/mol. The number of nitrogens with zero attached hydrogens (tertiary/aromatic N) is 5. The Morgan fingerprint density at radius 1 is 1.18 bits per heavy atom. The summed E-state index contributed by atoms with van der Waals surface area (Å²) in [5.41, 5.74) is 4.30. The lowest BCUT2D eigenvalue weighted by molar-refractivity contribution is -0.137. The van der Waals surface area contributed by atoms with E-state index in [-0.39, 0.29) is 11.6 Å². The fourth-order valence-corrected chi connectivity index (χ4v) is 4.88. The minimum Gasteiger partial charge on any atom is -0.370 e. The van der Waals surface area contributed by atoms with Crippen LogP contribution in [0.15, 0.2) is 48.9 Å². The zero-order chi connectivity index (χ0) is 27.0. The third-order valence-corrected chi connectivity index (χ3v) is 6.81. The maximum Gasteiger partial charge on any atom is 0.417 e. The molecule has 1 saturated heterocycles. The summed E-state index contributed by atoms with van der Waals surface area (Å²) in [4.78, 5) is 25.4. The number of halogens is 3. The highest BCUT2D eigenvalue weighted by Crippen LogP contribution is 2.34. The summed E-state index contributed by atoms with van der Waals surface area (Å²) >= 11 is 0. The Morgan fingerprint density at radius 3 is 2.76 bits per heavy atom. The number of pyridine rings is 2. The molecule has 3 aromatic heterocycles. The number of alkyl halides is 3.